The lowest BCUT2D eigenvalue weighted by Crippen LogP contribution is -2.22. The van der Waals surface area contributed by atoms with Crippen molar-refractivity contribution in [2.75, 3.05) is 5.32 Å². The molecule has 1 saturated carbocycles. The van der Waals surface area contributed by atoms with Gasteiger partial charge in [-0.15, -0.1) is 0 Å². The van der Waals surface area contributed by atoms with Crippen molar-refractivity contribution in [3.63, 3.8) is 0 Å². The minimum atomic E-state index is -0.568. The van der Waals surface area contributed by atoms with Crippen molar-refractivity contribution in [1.82, 2.24) is 0 Å². The first-order chi connectivity index (χ1) is 8.16. The van der Waals surface area contributed by atoms with E-state index in [1.165, 1.54) is 31.4 Å². The summed E-state index contributed by atoms with van der Waals surface area (Å²) < 4.78 is 0. The van der Waals surface area contributed by atoms with Crippen LogP contribution in [0.3, 0.4) is 0 Å². The highest BCUT2D eigenvalue weighted by Crippen LogP contribution is 2.30. The lowest BCUT2D eigenvalue weighted by Gasteiger charge is -2.23. The van der Waals surface area contributed by atoms with E-state index >= 15 is 0 Å². The molecule has 5 heteroatoms. The number of nitro benzene ring substituents is 1. The molecule has 0 unspecified atom stereocenters. The van der Waals surface area contributed by atoms with E-state index in [2.05, 4.69) is 5.32 Å². The van der Waals surface area contributed by atoms with Crippen molar-refractivity contribution in [2.45, 2.75) is 38.1 Å². The van der Waals surface area contributed by atoms with E-state index in [-0.39, 0.29) is 11.4 Å². The number of benzene rings is 1. The van der Waals surface area contributed by atoms with Gasteiger partial charge in [0.2, 0.25) is 0 Å². The summed E-state index contributed by atoms with van der Waals surface area (Å²) >= 11 is 0. The van der Waals surface area contributed by atoms with Crippen molar-refractivity contribution in [2.24, 2.45) is 0 Å². The molecule has 1 aliphatic rings. The fourth-order valence-electron chi connectivity index (χ4n) is 2.24. The lowest BCUT2D eigenvalue weighted by molar-refractivity contribution is -0.385. The molecule has 5 nitrogen and oxygen atoms in total. The Kier molecular flexibility index (Phi) is 3.46. The zero-order valence-corrected chi connectivity index (χ0v) is 9.56. The summed E-state index contributed by atoms with van der Waals surface area (Å²) in [5, 5.41) is 23.3. The van der Waals surface area contributed by atoms with Crippen LogP contribution in [-0.4, -0.2) is 16.1 Å². The summed E-state index contributed by atoms with van der Waals surface area (Å²) in [5.41, 5.74) is 0.465. The van der Waals surface area contributed by atoms with E-state index < -0.39 is 4.92 Å². The van der Waals surface area contributed by atoms with Crippen LogP contribution in [0, 0.1) is 10.1 Å². The molecule has 1 aliphatic carbocycles. The molecule has 0 aliphatic heterocycles. The van der Waals surface area contributed by atoms with E-state index in [4.69, 9.17) is 0 Å². The fraction of sp³-hybridized carbons (Fsp3) is 0.500. The molecule has 1 aromatic rings. The molecule has 0 aromatic heterocycles. The molecule has 0 heterocycles. The molecule has 2 rings (SSSR count). The van der Waals surface area contributed by atoms with Crippen molar-refractivity contribution < 1.29 is 10.0 Å². The number of phenols is 1. The lowest BCUT2D eigenvalue weighted by atomic mass is 9.95. The van der Waals surface area contributed by atoms with Crippen LogP contribution in [-0.2, 0) is 0 Å². The summed E-state index contributed by atoms with van der Waals surface area (Å²) in [6.45, 7) is 0. The summed E-state index contributed by atoms with van der Waals surface area (Å²) in [6, 6.07) is 4.83. The van der Waals surface area contributed by atoms with Crippen LogP contribution in [0.5, 0.6) is 5.75 Å². The maximum Gasteiger partial charge on any atom is 0.312 e. The standard InChI is InChI=1S/C12H16N2O3/c15-12-7-6-10(8-11(12)14(16)17)13-9-4-2-1-3-5-9/h6-9,13,15H,1-5H2. The van der Waals surface area contributed by atoms with Gasteiger partial charge >= 0.3 is 5.69 Å². The Morgan fingerprint density at radius 1 is 1.29 bits per heavy atom. The molecule has 92 valence electrons. The highest BCUT2D eigenvalue weighted by Gasteiger charge is 2.17. The second-order valence-corrected chi connectivity index (χ2v) is 4.44. The maximum atomic E-state index is 10.7. The van der Waals surface area contributed by atoms with Gasteiger partial charge in [0.1, 0.15) is 0 Å². The number of aromatic hydroxyl groups is 1. The van der Waals surface area contributed by atoms with Crippen molar-refractivity contribution in [1.29, 1.82) is 0 Å². The third-order valence-electron chi connectivity index (χ3n) is 3.15. The molecule has 2 N–H and O–H groups in total. The van der Waals surface area contributed by atoms with Crippen LogP contribution in [0.4, 0.5) is 11.4 Å². The highest BCUT2D eigenvalue weighted by molar-refractivity contribution is 5.58. The molecular formula is C12H16N2O3. The van der Waals surface area contributed by atoms with E-state index in [1.54, 1.807) is 6.07 Å². The van der Waals surface area contributed by atoms with E-state index in [0.29, 0.717) is 11.7 Å². The topological polar surface area (TPSA) is 75.4 Å². The highest BCUT2D eigenvalue weighted by atomic mass is 16.6. The van der Waals surface area contributed by atoms with Crippen molar-refractivity contribution >= 4 is 11.4 Å². The smallest absolute Gasteiger partial charge is 0.312 e. The van der Waals surface area contributed by atoms with E-state index in [9.17, 15) is 15.2 Å². The summed E-state index contributed by atoms with van der Waals surface area (Å²) in [4.78, 5) is 10.1. The Morgan fingerprint density at radius 2 is 2.00 bits per heavy atom. The first kappa shape index (κ1) is 11.7. The Hall–Kier alpha value is -1.78. The second-order valence-electron chi connectivity index (χ2n) is 4.44. The Morgan fingerprint density at radius 3 is 2.65 bits per heavy atom. The number of rotatable bonds is 3. The molecule has 0 radical (unpaired) electrons. The first-order valence-corrected chi connectivity index (χ1v) is 5.91. The SMILES string of the molecule is O=[N+]([O-])c1cc(NC2CCCCC2)ccc1O. The molecule has 0 bridgehead atoms. The average Bonchev–Trinajstić information content (AvgIpc) is 2.32. The van der Waals surface area contributed by atoms with Crippen LogP contribution < -0.4 is 5.32 Å². The molecule has 0 saturated heterocycles. The number of nitrogens with one attached hydrogen (secondary N) is 1. The quantitative estimate of drug-likeness (QED) is 0.480. The largest absolute Gasteiger partial charge is 0.502 e. The van der Waals surface area contributed by atoms with Crippen LogP contribution in [0.1, 0.15) is 32.1 Å². The number of phenolic OH excluding ortho intramolecular Hbond substituents is 1. The van der Waals surface area contributed by atoms with Gasteiger partial charge in [-0.1, -0.05) is 19.3 Å². The van der Waals surface area contributed by atoms with Crippen molar-refractivity contribution in [3.05, 3.63) is 28.3 Å². The molecule has 1 aromatic carbocycles. The van der Waals surface area contributed by atoms with Crippen molar-refractivity contribution in [3.8, 4) is 5.75 Å². The minimum absolute atomic E-state index is 0.245. The third-order valence-corrected chi connectivity index (χ3v) is 3.15. The number of hydrogen-bond acceptors (Lipinski definition) is 4. The fourth-order valence-corrected chi connectivity index (χ4v) is 2.24. The zero-order valence-electron chi connectivity index (χ0n) is 9.56. The molecule has 17 heavy (non-hydrogen) atoms. The van der Waals surface area contributed by atoms with Gasteiger partial charge in [0.05, 0.1) is 4.92 Å². The predicted octanol–water partition coefficient (Wildman–Crippen LogP) is 3.05. The number of nitro groups is 1. The normalized spacial score (nSPS) is 16.7. The van der Waals surface area contributed by atoms with Crippen LogP contribution in [0.25, 0.3) is 0 Å². The number of nitrogens with zero attached hydrogens (tertiary/aromatic N) is 1. The van der Waals surface area contributed by atoms with Gasteiger partial charge in [-0.25, -0.2) is 0 Å². The predicted molar refractivity (Wildman–Crippen MR) is 65.3 cm³/mol. The van der Waals surface area contributed by atoms with Gasteiger partial charge in [0, 0.05) is 17.8 Å². The van der Waals surface area contributed by atoms with E-state index in [0.717, 1.165) is 12.8 Å². The van der Waals surface area contributed by atoms with E-state index in [1.807, 2.05) is 0 Å². The number of hydrogen-bond donors (Lipinski definition) is 2. The van der Waals surface area contributed by atoms with Crippen LogP contribution in [0.2, 0.25) is 0 Å². The molecular weight excluding hydrogens is 220 g/mol. The van der Waals surface area contributed by atoms with Crippen LogP contribution in [0.15, 0.2) is 18.2 Å². The molecule has 0 atom stereocenters. The summed E-state index contributed by atoms with van der Waals surface area (Å²) in [6.07, 6.45) is 5.90. The average molecular weight is 236 g/mol. The Balaban J connectivity index is 2.10. The van der Waals surface area contributed by atoms with Crippen LogP contribution >= 0.6 is 0 Å². The van der Waals surface area contributed by atoms with Gasteiger partial charge in [-0.2, -0.15) is 0 Å². The Labute approximate surface area is 99.6 Å². The monoisotopic (exact) mass is 236 g/mol. The van der Waals surface area contributed by atoms with Gasteiger partial charge in [-0.3, -0.25) is 10.1 Å². The third kappa shape index (κ3) is 2.87. The van der Waals surface area contributed by atoms with Gasteiger partial charge < -0.3 is 10.4 Å². The maximum absolute atomic E-state index is 10.7. The molecule has 1 fully saturated rings. The van der Waals surface area contributed by atoms with Gasteiger partial charge in [-0.05, 0) is 25.0 Å². The summed E-state index contributed by atoms with van der Waals surface area (Å²) in [7, 11) is 0. The molecule has 0 amide bonds. The molecule has 0 spiro atoms. The van der Waals surface area contributed by atoms with Gasteiger partial charge in [0.15, 0.2) is 5.75 Å². The second kappa shape index (κ2) is 5.03. The zero-order chi connectivity index (χ0) is 12.3. The summed E-state index contributed by atoms with van der Waals surface area (Å²) in [5.74, 6) is -0.288. The first-order valence-electron chi connectivity index (χ1n) is 5.91. The Bertz CT molecular complexity index is 414. The van der Waals surface area contributed by atoms with Gasteiger partial charge in [0.25, 0.3) is 0 Å². The number of anilines is 1. The minimum Gasteiger partial charge on any atom is -0.502 e.